The van der Waals surface area contributed by atoms with Crippen molar-refractivity contribution in [2.75, 3.05) is 24.3 Å². The third-order valence-electron chi connectivity index (χ3n) is 3.75. The first kappa shape index (κ1) is 15.0. The van der Waals surface area contributed by atoms with Crippen LogP contribution in [0.15, 0.2) is 48.5 Å². The van der Waals surface area contributed by atoms with Gasteiger partial charge >= 0.3 is 0 Å². The van der Waals surface area contributed by atoms with Crippen molar-refractivity contribution in [3.63, 3.8) is 0 Å². The monoisotopic (exact) mass is 308 g/mol. The molecule has 0 saturated heterocycles. The second kappa shape index (κ2) is 6.48. The summed E-state index contributed by atoms with van der Waals surface area (Å²) in [4.78, 5) is 2.10. The normalized spacial score (nSPS) is 10.6. The summed E-state index contributed by atoms with van der Waals surface area (Å²) in [6.45, 7) is 2.79. The van der Waals surface area contributed by atoms with E-state index in [1.54, 1.807) is 4.68 Å². The number of aromatic nitrogens is 4. The van der Waals surface area contributed by atoms with Gasteiger partial charge < -0.3 is 10.2 Å². The average Bonchev–Trinajstić information content (AvgIpc) is 3.03. The van der Waals surface area contributed by atoms with Gasteiger partial charge in [-0.2, -0.15) is 4.68 Å². The van der Waals surface area contributed by atoms with Crippen molar-refractivity contribution in [3.05, 3.63) is 59.7 Å². The van der Waals surface area contributed by atoms with Crippen molar-refractivity contribution < 1.29 is 0 Å². The van der Waals surface area contributed by atoms with E-state index < -0.39 is 0 Å². The molecule has 0 bridgehead atoms. The van der Waals surface area contributed by atoms with Gasteiger partial charge in [0.05, 0.1) is 5.69 Å². The van der Waals surface area contributed by atoms with Crippen molar-refractivity contribution >= 4 is 11.6 Å². The summed E-state index contributed by atoms with van der Waals surface area (Å²) >= 11 is 0. The van der Waals surface area contributed by atoms with Crippen LogP contribution in [0.3, 0.4) is 0 Å². The number of tetrazole rings is 1. The fourth-order valence-electron chi connectivity index (χ4n) is 2.37. The maximum Gasteiger partial charge on any atom is 0.248 e. The molecule has 2 aromatic carbocycles. The van der Waals surface area contributed by atoms with Crippen LogP contribution in [-0.2, 0) is 6.54 Å². The molecule has 1 N–H and O–H groups in total. The Morgan fingerprint density at radius 2 is 1.87 bits per heavy atom. The third kappa shape index (κ3) is 3.31. The van der Waals surface area contributed by atoms with Gasteiger partial charge in [-0.15, -0.1) is 0 Å². The molecule has 1 heterocycles. The highest BCUT2D eigenvalue weighted by Gasteiger charge is 2.08. The summed E-state index contributed by atoms with van der Waals surface area (Å²) in [5.41, 5.74) is 4.58. The van der Waals surface area contributed by atoms with Crippen LogP contribution in [0.25, 0.3) is 5.69 Å². The van der Waals surface area contributed by atoms with Gasteiger partial charge in [-0.05, 0) is 52.7 Å². The van der Waals surface area contributed by atoms with E-state index in [2.05, 4.69) is 50.9 Å². The van der Waals surface area contributed by atoms with Crippen molar-refractivity contribution in [3.8, 4) is 5.69 Å². The van der Waals surface area contributed by atoms with Crippen molar-refractivity contribution in [2.24, 2.45) is 0 Å². The summed E-state index contributed by atoms with van der Waals surface area (Å²) in [7, 11) is 4.08. The fraction of sp³-hybridized carbons (Fsp3) is 0.235. The standard InChI is InChI=1S/C17H20N6/c1-13-11-16(22(2)3)10-9-14(13)12-18-17-19-20-21-23(17)15-7-5-4-6-8-15/h4-11H,12H2,1-3H3,(H,18,19,21). The third-order valence-corrected chi connectivity index (χ3v) is 3.75. The van der Waals surface area contributed by atoms with Crippen LogP contribution in [-0.4, -0.2) is 34.3 Å². The summed E-state index contributed by atoms with van der Waals surface area (Å²) in [5, 5.41) is 15.2. The van der Waals surface area contributed by atoms with Crippen LogP contribution in [0, 0.1) is 6.92 Å². The SMILES string of the molecule is Cc1cc(N(C)C)ccc1CNc1nnnn1-c1ccccc1. The molecule has 0 atom stereocenters. The Balaban J connectivity index is 1.76. The molecular weight excluding hydrogens is 288 g/mol. The minimum Gasteiger partial charge on any atom is -0.378 e. The molecule has 0 radical (unpaired) electrons. The van der Waals surface area contributed by atoms with Gasteiger partial charge in [-0.25, -0.2) is 0 Å². The largest absolute Gasteiger partial charge is 0.378 e. The number of aryl methyl sites for hydroxylation is 1. The number of anilines is 2. The summed E-state index contributed by atoms with van der Waals surface area (Å²) in [5.74, 6) is 0.632. The summed E-state index contributed by atoms with van der Waals surface area (Å²) in [6.07, 6.45) is 0. The Morgan fingerprint density at radius 1 is 1.09 bits per heavy atom. The number of nitrogens with one attached hydrogen (secondary N) is 1. The lowest BCUT2D eigenvalue weighted by atomic mass is 10.1. The average molecular weight is 308 g/mol. The van der Waals surface area contributed by atoms with E-state index in [9.17, 15) is 0 Å². The Morgan fingerprint density at radius 3 is 2.57 bits per heavy atom. The van der Waals surface area contributed by atoms with Gasteiger partial charge in [0.15, 0.2) is 0 Å². The number of benzene rings is 2. The first-order valence-electron chi connectivity index (χ1n) is 7.49. The van der Waals surface area contributed by atoms with Crippen molar-refractivity contribution in [2.45, 2.75) is 13.5 Å². The molecule has 118 valence electrons. The number of para-hydroxylation sites is 1. The Kier molecular flexibility index (Phi) is 4.23. The van der Waals surface area contributed by atoms with Crippen LogP contribution < -0.4 is 10.2 Å². The van der Waals surface area contributed by atoms with Gasteiger partial charge in [-0.3, -0.25) is 0 Å². The number of nitrogens with zero attached hydrogens (tertiary/aromatic N) is 5. The molecule has 3 aromatic rings. The highest BCUT2D eigenvalue weighted by Crippen LogP contribution is 2.18. The molecule has 0 amide bonds. The van der Waals surface area contributed by atoms with Gasteiger partial charge in [0.2, 0.25) is 5.95 Å². The Labute approximate surface area is 135 Å². The van der Waals surface area contributed by atoms with Gasteiger partial charge in [0, 0.05) is 26.3 Å². The molecule has 0 fully saturated rings. The minimum absolute atomic E-state index is 0.632. The van der Waals surface area contributed by atoms with Crippen LogP contribution in [0.1, 0.15) is 11.1 Å². The smallest absolute Gasteiger partial charge is 0.248 e. The van der Waals surface area contributed by atoms with E-state index in [1.807, 2.05) is 44.4 Å². The van der Waals surface area contributed by atoms with E-state index >= 15 is 0 Å². The molecule has 23 heavy (non-hydrogen) atoms. The predicted molar refractivity (Wildman–Crippen MR) is 92.0 cm³/mol. The molecule has 0 aliphatic heterocycles. The van der Waals surface area contributed by atoms with Crippen LogP contribution in [0.2, 0.25) is 0 Å². The summed E-state index contributed by atoms with van der Waals surface area (Å²) < 4.78 is 1.70. The van der Waals surface area contributed by atoms with E-state index in [0.717, 1.165) is 5.69 Å². The molecule has 0 saturated carbocycles. The van der Waals surface area contributed by atoms with E-state index in [-0.39, 0.29) is 0 Å². The highest BCUT2D eigenvalue weighted by atomic mass is 15.6. The van der Waals surface area contributed by atoms with Gasteiger partial charge in [-0.1, -0.05) is 29.4 Å². The summed E-state index contributed by atoms with van der Waals surface area (Å²) in [6, 6.07) is 16.3. The molecule has 6 nitrogen and oxygen atoms in total. The Bertz CT molecular complexity index is 779. The fourth-order valence-corrected chi connectivity index (χ4v) is 2.37. The molecule has 0 unspecified atom stereocenters. The zero-order valence-corrected chi connectivity index (χ0v) is 13.6. The van der Waals surface area contributed by atoms with Crippen LogP contribution in [0.4, 0.5) is 11.6 Å². The van der Waals surface area contributed by atoms with Gasteiger partial charge in [0.25, 0.3) is 0 Å². The first-order chi connectivity index (χ1) is 11.1. The Hall–Kier alpha value is -2.89. The van der Waals surface area contributed by atoms with Gasteiger partial charge in [0.1, 0.15) is 0 Å². The van der Waals surface area contributed by atoms with E-state index in [1.165, 1.54) is 16.8 Å². The lowest BCUT2D eigenvalue weighted by Gasteiger charge is -2.15. The zero-order valence-electron chi connectivity index (χ0n) is 13.6. The predicted octanol–water partition coefficient (Wildman–Crippen LogP) is 2.65. The molecular formula is C17H20N6. The number of hydrogen-bond donors (Lipinski definition) is 1. The number of hydrogen-bond acceptors (Lipinski definition) is 5. The van der Waals surface area contributed by atoms with E-state index in [4.69, 9.17) is 0 Å². The van der Waals surface area contributed by atoms with E-state index in [0.29, 0.717) is 12.5 Å². The molecule has 0 spiro atoms. The molecule has 0 aliphatic carbocycles. The highest BCUT2D eigenvalue weighted by molar-refractivity contribution is 5.50. The lowest BCUT2D eigenvalue weighted by Crippen LogP contribution is -2.11. The quantitative estimate of drug-likeness (QED) is 0.785. The van der Waals surface area contributed by atoms with Crippen molar-refractivity contribution in [1.82, 2.24) is 20.2 Å². The molecule has 1 aromatic heterocycles. The number of rotatable bonds is 5. The second-order valence-electron chi connectivity index (χ2n) is 5.61. The van der Waals surface area contributed by atoms with Crippen molar-refractivity contribution in [1.29, 1.82) is 0 Å². The first-order valence-corrected chi connectivity index (χ1v) is 7.49. The lowest BCUT2D eigenvalue weighted by molar-refractivity contribution is 0.789. The topological polar surface area (TPSA) is 58.9 Å². The maximum atomic E-state index is 4.07. The minimum atomic E-state index is 0.632. The molecule has 0 aliphatic rings. The molecule has 3 rings (SSSR count). The second-order valence-corrected chi connectivity index (χ2v) is 5.61. The van der Waals surface area contributed by atoms with Crippen LogP contribution in [0.5, 0.6) is 0 Å². The molecule has 6 heteroatoms. The zero-order chi connectivity index (χ0) is 16.2. The maximum absolute atomic E-state index is 4.07. The van der Waals surface area contributed by atoms with Crippen LogP contribution >= 0.6 is 0 Å².